The number of fused-ring (bicyclic) bond motifs is 2. The molecule has 0 fully saturated rings. The minimum absolute atomic E-state index is 0.186. The molecule has 2 aromatic carbocycles. The molecule has 0 radical (unpaired) electrons. The molecular formula is C24H27N5O4. The van der Waals surface area contributed by atoms with Gasteiger partial charge in [-0.05, 0) is 72.7 Å². The van der Waals surface area contributed by atoms with Crippen molar-refractivity contribution >= 4 is 11.8 Å². The molecule has 0 spiro atoms. The Morgan fingerprint density at radius 2 is 1.58 bits per heavy atom. The summed E-state index contributed by atoms with van der Waals surface area (Å²) in [5.74, 6) is -0.761. The number of nitrogens with two attached hydrogens (primary N) is 1. The summed E-state index contributed by atoms with van der Waals surface area (Å²) < 4.78 is 4.99. The van der Waals surface area contributed by atoms with Gasteiger partial charge in [-0.15, -0.1) is 0 Å². The lowest BCUT2D eigenvalue weighted by molar-refractivity contribution is 0.0955. The highest BCUT2D eigenvalue weighted by Crippen LogP contribution is 2.46. The fourth-order valence-electron chi connectivity index (χ4n) is 4.89. The number of carbonyl (C=O) groups is 2. The normalized spacial score (nSPS) is 15.0. The van der Waals surface area contributed by atoms with E-state index in [1.807, 2.05) is 31.2 Å². The molecule has 33 heavy (non-hydrogen) atoms. The van der Waals surface area contributed by atoms with Crippen molar-refractivity contribution in [3.05, 3.63) is 86.2 Å². The first kappa shape index (κ1) is 22.5. The topological polar surface area (TPSA) is 143 Å². The molecule has 5 N–H and O–H groups in total. The van der Waals surface area contributed by atoms with Crippen molar-refractivity contribution in [1.82, 2.24) is 20.8 Å². The number of aryl methyl sites for hydroxylation is 2. The van der Waals surface area contributed by atoms with Gasteiger partial charge in [0.05, 0.1) is 5.41 Å². The van der Waals surface area contributed by atoms with Crippen LogP contribution < -0.4 is 22.1 Å². The van der Waals surface area contributed by atoms with Crippen LogP contribution in [0, 0.1) is 0 Å². The summed E-state index contributed by atoms with van der Waals surface area (Å²) in [6.07, 6.45) is 1.69. The zero-order valence-corrected chi connectivity index (χ0v) is 18.8. The summed E-state index contributed by atoms with van der Waals surface area (Å²) in [6.45, 7) is 1.89. The lowest BCUT2D eigenvalue weighted by Gasteiger charge is -2.35. The van der Waals surface area contributed by atoms with Crippen molar-refractivity contribution in [2.24, 2.45) is 5.73 Å². The van der Waals surface area contributed by atoms with Crippen molar-refractivity contribution in [3.8, 4) is 0 Å². The summed E-state index contributed by atoms with van der Waals surface area (Å²) in [5.41, 5.74) is 10.2. The van der Waals surface area contributed by atoms with Crippen molar-refractivity contribution in [2.75, 3.05) is 14.1 Å². The third kappa shape index (κ3) is 3.84. The zero-order chi connectivity index (χ0) is 23.8. The van der Waals surface area contributed by atoms with Gasteiger partial charge in [-0.2, -0.15) is 4.98 Å². The molecule has 0 bridgehead atoms. The van der Waals surface area contributed by atoms with Gasteiger partial charge < -0.3 is 20.9 Å². The minimum atomic E-state index is -0.927. The first-order valence-electron chi connectivity index (χ1n) is 10.8. The van der Waals surface area contributed by atoms with E-state index in [9.17, 15) is 14.4 Å². The molecule has 4 rings (SSSR count). The van der Waals surface area contributed by atoms with Gasteiger partial charge in [0.15, 0.2) is 5.82 Å². The van der Waals surface area contributed by atoms with Crippen molar-refractivity contribution < 1.29 is 14.1 Å². The van der Waals surface area contributed by atoms with Gasteiger partial charge in [0, 0.05) is 31.3 Å². The van der Waals surface area contributed by atoms with E-state index in [0.29, 0.717) is 36.2 Å². The number of benzene rings is 2. The summed E-state index contributed by atoms with van der Waals surface area (Å²) in [7, 11) is 3.18. The van der Waals surface area contributed by atoms with Crippen LogP contribution in [0.25, 0.3) is 0 Å². The maximum atomic E-state index is 12.3. The van der Waals surface area contributed by atoms with Crippen LogP contribution in [0.15, 0.2) is 45.7 Å². The number of rotatable bonds is 5. The summed E-state index contributed by atoms with van der Waals surface area (Å²) in [6, 6.07) is 10.8. The highest BCUT2D eigenvalue weighted by atomic mass is 16.5. The number of hydrogen-bond donors (Lipinski definition) is 4. The zero-order valence-electron chi connectivity index (χ0n) is 18.8. The van der Waals surface area contributed by atoms with E-state index >= 15 is 0 Å². The molecule has 3 aromatic rings. The molecule has 1 aliphatic rings. The van der Waals surface area contributed by atoms with Gasteiger partial charge in [-0.1, -0.05) is 12.1 Å². The number of nitrogens with one attached hydrogen (secondary N) is 3. The van der Waals surface area contributed by atoms with Gasteiger partial charge in [0.1, 0.15) is 0 Å². The highest BCUT2D eigenvalue weighted by molar-refractivity contribution is 5.95. The largest absolute Gasteiger partial charge is 0.459 e. The molecule has 9 nitrogen and oxygen atoms in total. The van der Waals surface area contributed by atoms with E-state index < -0.39 is 11.2 Å². The van der Waals surface area contributed by atoms with Gasteiger partial charge >= 0.3 is 5.76 Å². The van der Waals surface area contributed by atoms with Gasteiger partial charge in [-0.25, -0.2) is 9.95 Å². The average molecular weight is 450 g/mol. The second kappa shape index (κ2) is 8.67. The predicted molar refractivity (Wildman–Crippen MR) is 122 cm³/mol. The molecule has 0 saturated carbocycles. The van der Waals surface area contributed by atoms with E-state index in [1.165, 1.54) is 0 Å². The number of aromatic nitrogens is 2. The number of carbonyl (C=O) groups excluding carboxylic acids is 2. The number of H-pyrrole nitrogens is 1. The Morgan fingerprint density at radius 3 is 1.97 bits per heavy atom. The van der Waals surface area contributed by atoms with Crippen LogP contribution in [0.2, 0.25) is 0 Å². The monoisotopic (exact) mass is 449 g/mol. The van der Waals surface area contributed by atoms with Crippen LogP contribution in [0.4, 0.5) is 0 Å². The quantitative estimate of drug-likeness (QED) is 0.462. The maximum Gasteiger partial charge on any atom is 0.459 e. The Morgan fingerprint density at radius 1 is 1.06 bits per heavy atom. The Balaban J connectivity index is 2.05. The predicted octanol–water partition coefficient (Wildman–Crippen LogP) is 1.25. The van der Waals surface area contributed by atoms with Crippen LogP contribution in [0.3, 0.4) is 0 Å². The third-order valence-corrected chi connectivity index (χ3v) is 6.24. The molecule has 1 heterocycles. The fourth-order valence-corrected chi connectivity index (χ4v) is 4.89. The molecule has 1 aromatic heterocycles. The Hall–Kier alpha value is -3.72. The lowest BCUT2D eigenvalue weighted by Crippen LogP contribution is -2.38. The first-order valence-corrected chi connectivity index (χ1v) is 10.8. The standard InChI is InChI=1S/C24H27N5O4/c1-13(25)12-24(22-28-23(32)33-29-22)18-8-6-16(20(30)26-2)10-14(18)4-5-15-11-17(21(31)27-3)7-9-19(15)24/h6-11,13H,4-5,12,25H2,1-3H3,(H,26,30)(H,27,31)(H,28,29,32)/t13-/m1/s1. The smallest absolute Gasteiger partial charge is 0.355 e. The Kier molecular flexibility index (Phi) is 5.90. The average Bonchev–Trinajstić information content (AvgIpc) is 3.21. The molecule has 1 atom stereocenters. The van der Waals surface area contributed by atoms with Crippen LogP contribution in [0.1, 0.15) is 62.1 Å². The summed E-state index contributed by atoms with van der Waals surface area (Å²) in [4.78, 5) is 40.8. The second-order valence-corrected chi connectivity index (χ2v) is 8.42. The lowest BCUT2D eigenvalue weighted by atomic mass is 9.68. The molecular weight excluding hydrogens is 422 g/mol. The van der Waals surface area contributed by atoms with Crippen LogP contribution >= 0.6 is 0 Å². The molecule has 1 aliphatic carbocycles. The first-order chi connectivity index (χ1) is 15.8. The van der Waals surface area contributed by atoms with Gasteiger partial charge in [0.25, 0.3) is 11.8 Å². The molecule has 0 aliphatic heterocycles. The van der Waals surface area contributed by atoms with E-state index in [4.69, 9.17) is 10.3 Å². The Labute approximate surface area is 190 Å². The third-order valence-electron chi connectivity index (χ3n) is 6.24. The molecule has 172 valence electrons. The summed E-state index contributed by atoms with van der Waals surface area (Å²) in [5, 5.41) is 8.03. The molecule has 9 heteroatoms. The number of aromatic amines is 1. The van der Waals surface area contributed by atoms with Crippen molar-refractivity contribution in [3.63, 3.8) is 0 Å². The highest BCUT2D eigenvalue weighted by Gasteiger charge is 2.45. The minimum Gasteiger partial charge on any atom is -0.355 e. The fraction of sp³-hybridized carbons (Fsp3) is 0.333. The van der Waals surface area contributed by atoms with E-state index in [1.54, 1.807) is 26.2 Å². The maximum absolute atomic E-state index is 12.3. The van der Waals surface area contributed by atoms with E-state index in [2.05, 4.69) is 20.8 Å². The van der Waals surface area contributed by atoms with Crippen molar-refractivity contribution in [2.45, 2.75) is 37.6 Å². The Bertz CT molecular complexity index is 1210. The number of hydrogen-bond acceptors (Lipinski definition) is 6. The van der Waals surface area contributed by atoms with E-state index in [0.717, 1.165) is 22.3 Å². The van der Waals surface area contributed by atoms with Crippen LogP contribution in [0.5, 0.6) is 0 Å². The molecule has 0 unspecified atom stereocenters. The van der Waals surface area contributed by atoms with Gasteiger partial charge in [0.2, 0.25) is 0 Å². The number of amides is 2. The SMILES string of the molecule is CNC(=O)c1ccc2c(c1)CCc1cc(C(=O)NC)ccc1C2(C[C@@H](C)N)c1nc(=O)o[nH]1. The van der Waals surface area contributed by atoms with Gasteiger partial charge in [-0.3, -0.25) is 9.59 Å². The van der Waals surface area contributed by atoms with E-state index in [-0.39, 0.29) is 17.9 Å². The second-order valence-electron chi connectivity index (χ2n) is 8.42. The molecule has 0 saturated heterocycles. The van der Waals surface area contributed by atoms with Crippen LogP contribution in [-0.4, -0.2) is 42.1 Å². The summed E-state index contributed by atoms with van der Waals surface area (Å²) >= 11 is 0. The van der Waals surface area contributed by atoms with Crippen molar-refractivity contribution in [1.29, 1.82) is 0 Å². The molecule has 2 amide bonds. The number of nitrogens with zero attached hydrogens (tertiary/aromatic N) is 1. The van der Waals surface area contributed by atoms with Crippen LogP contribution in [-0.2, 0) is 18.3 Å².